The summed E-state index contributed by atoms with van der Waals surface area (Å²) < 4.78 is 5.18. The standard InChI is InChI=1S/C17H18O2S/c1-12-7-8-14(9-13(12)2)17(18)11-20-16-6-4-5-15(10-16)19-3/h4-10H,11H2,1-3H3. The Labute approximate surface area is 124 Å². The Balaban J connectivity index is 2.02. The minimum absolute atomic E-state index is 0.154. The summed E-state index contributed by atoms with van der Waals surface area (Å²) in [5.41, 5.74) is 3.15. The van der Waals surface area contributed by atoms with Gasteiger partial charge in [0.2, 0.25) is 0 Å². The van der Waals surface area contributed by atoms with Gasteiger partial charge >= 0.3 is 0 Å². The topological polar surface area (TPSA) is 26.3 Å². The molecule has 0 fully saturated rings. The molecule has 0 amide bonds. The number of ketones is 1. The fraction of sp³-hybridized carbons (Fsp3) is 0.235. The van der Waals surface area contributed by atoms with Crippen molar-refractivity contribution in [3.63, 3.8) is 0 Å². The van der Waals surface area contributed by atoms with Crippen molar-refractivity contribution < 1.29 is 9.53 Å². The molecule has 0 aliphatic carbocycles. The predicted octanol–water partition coefficient (Wildman–Crippen LogP) is 4.29. The molecule has 0 aromatic heterocycles. The Morgan fingerprint density at radius 1 is 1.10 bits per heavy atom. The van der Waals surface area contributed by atoms with E-state index in [0.717, 1.165) is 21.8 Å². The maximum absolute atomic E-state index is 12.2. The van der Waals surface area contributed by atoms with Gasteiger partial charge in [-0.3, -0.25) is 4.79 Å². The van der Waals surface area contributed by atoms with Gasteiger partial charge in [0.05, 0.1) is 12.9 Å². The Bertz CT molecular complexity index is 620. The summed E-state index contributed by atoms with van der Waals surface area (Å²) in [5, 5.41) is 0. The number of hydrogen-bond donors (Lipinski definition) is 0. The summed E-state index contributed by atoms with van der Waals surface area (Å²) >= 11 is 1.53. The third kappa shape index (κ3) is 3.64. The van der Waals surface area contributed by atoms with Crippen LogP contribution in [0.3, 0.4) is 0 Å². The van der Waals surface area contributed by atoms with Crippen LogP contribution >= 0.6 is 11.8 Å². The first-order valence-corrected chi connectivity index (χ1v) is 7.46. The molecule has 0 atom stereocenters. The van der Waals surface area contributed by atoms with E-state index in [1.165, 1.54) is 17.3 Å². The van der Waals surface area contributed by atoms with Crippen molar-refractivity contribution in [2.75, 3.05) is 12.9 Å². The van der Waals surface area contributed by atoms with E-state index in [0.29, 0.717) is 5.75 Å². The van der Waals surface area contributed by atoms with Crippen molar-refractivity contribution in [3.8, 4) is 5.75 Å². The van der Waals surface area contributed by atoms with Gasteiger partial charge < -0.3 is 4.74 Å². The summed E-state index contributed by atoms with van der Waals surface area (Å²) in [6, 6.07) is 13.6. The third-order valence-corrected chi connectivity index (χ3v) is 4.23. The number of thioether (sulfide) groups is 1. The molecule has 2 rings (SSSR count). The minimum Gasteiger partial charge on any atom is -0.497 e. The van der Waals surface area contributed by atoms with E-state index >= 15 is 0 Å². The highest BCUT2D eigenvalue weighted by molar-refractivity contribution is 8.00. The summed E-state index contributed by atoms with van der Waals surface area (Å²) in [4.78, 5) is 13.2. The van der Waals surface area contributed by atoms with Crippen molar-refractivity contribution in [2.24, 2.45) is 0 Å². The van der Waals surface area contributed by atoms with Gasteiger partial charge in [-0.1, -0.05) is 18.2 Å². The molecule has 0 heterocycles. The number of methoxy groups -OCH3 is 1. The van der Waals surface area contributed by atoms with Crippen molar-refractivity contribution in [2.45, 2.75) is 18.7 Å². The maximum Gasteiger partial charge on any atom is 0.173 e. The number of rotatable bonds is 5. The molecule has 0 N–H and O–H groups in total. The highest BCUT2D eigenvalue weighted by atomic mass is 32.2. The second kappa shape index (κ2) is 6.62. The first-order chi connectivity index (χ1) is 9.60. The lowest BCUT2D eigenvalue weighted by molar-refractivity contribution is 0.102. The summed E-state index contributed by atoms with van der Waals surface area (Å²) in [7, 11) is 1.64. The van der Waals surface area contributed by atoms with E-state index in [4.69, 9.17) is 4.74 Å². The van der Waals surface area contributed by atoms with Gasteiger partial charge in [-0.15, -0.1) is 11.8 Å². The van der Waals surface area contributed by atoms with Crippen LogP contribution in [0.1, 0.15) is 21.5 Å². The number of hydrogen-bond acceptors (Lipinski definition) is 3. The van der Waals surface area contributed by atoms with Crippen LogP contribution in [0.4, 0.5) is 0 Å². The molecule has 2 aromatic carbocycles. The zero-order valence-electron chi connectivity index (χ0n) is 12.0. The maximum atomic E-state index is 12.2. The van der Waals surface area contributed by atoms with E-state index in [9.17, 15) is 4.79 Å². The number of Topliss-reactive ketones (excluding diaryl/α,β-unsaturated/α-hetero) is 1. The second-order valence-electron chi connectivity index (χ2n) is 4.69. The molecule has 0 saturated carbocycles. The number of ether oxygens (including phenoxy) is 1. The lowest BCUT2D eigenvalue weighted by Crippen LogP contribution is -2.03. The second-order valence-corrected chi connectivity index (χ2v) is 5.74. The SMILES string of the molecule is COc1cccc(SCC(=O)c2ccc(C)c(C)c2)c1. The van der Waals surface area contributed by atoms with Gasteiger partial charge in [-0.2, -0.15) is 0 Å². The lowest BCUT2D eigenvalue weighted by atomic mass is 10.0. The van der Waals surface area contributed by atoms with Gasteiger partial charge in [0.15, 0.2) is 5.78 Å². The molecular formula is C17H18O2S. The van der Waals surface area contributed by atoms with E-state index in [2.05, 4.69) is 6.92 Å². The zero-order chi connectivity index (χ0) is 14.5. The van der Waals surface area contributed by atoms with E-state index in [1.54, 1.807) is 7.11 Å². The van der Waals surface area contributed by atoms with Crippen molar-refractivity contribution in [3.05, 3.63) is 59.2 Å². The molecule has 20 heavy (non-hydrogen) atoms. The third-order valence-electron chi connectivity index (χ3n) is 3.24. The normalized spacial score (nSPS) is 10.3. The van der Waals surface area contributed by atoms with E-state index in [-0.39, 0.29) is 5.78 Å². The van der Waals surface area contributed by atoms with Crippen LogP contribution in [0.5, 0.6) is 5.75 Å². The molecule has 0 radical (unpaired) electrons. The van der Waals surface area contributed by atoms with Gasteiger partial charge in [0.1, 0.15) is 5.75 Å². The van der Waals surface area contributed by atoms with E-state index < -0.39 is 0 Å². The smallest absolute Gasteiger partial charge is 0.173 e. The van der Waals surface area contributed by atoms with Crippen LogP contribution in [0.25, 0.3) is 0 Å². The molecule has 104 valence electrons. The number of carbonyl (C=O) groups excluding carboxylic acids is 1. The Kier molecular flexibility index (Phi) is 4.85. The molecule has 2 aromatic rings. The van der Waals surface area contributed by atoms with Gasteiger partial charge in [0.25, 0.3) is 0 Å². The van der Waals surface area contributed by atoms with Crippen LogP contribution in [0.2, 0.25) is 0 Å². The van der Waals surface area contributed by atoms with Crippen LogP contribution in [-0.4, -0.2) is 18.6 Å². The van der Waals surface area contributed by atoms with Crippen LogP contribution in [-0.2, 0) is 0 Å². The van der Waals surface area contributed by atoms with E-state index in [1.807, 2.05) is 49.4 Å². The molecule has 0 unspecified atom stereocenters. The fourth-order valence-electron chi connectivity index (χ4n) is 1.84. The highest BCUT2D eigenvalue weighted by Crippen LogP contribution is 2.23. The van der Waals surface area contributed by atoms with Gasteiger partial charge in [-0.25, -0.2) is 0 Å². The van der Waals surface area contributed by atoms with Crippen LogP contribution < -0.4 is 4.74 Å². The molecule has 0 bridgehead atoms. The molecule has 3 heteroatoms. The molecule has 0 aliphatic rings. The Morgan fingerprint density at radius 2 is 1.90 bits per heavy atom. The van der Waals surface area contributed by atoms with Crippen LogP contribution in [0, 0.1) is 13.8 Å². The van der Waals surface area contributed by atoms with Gasteiger partial charge in [0, 0.05) is 10.5 Å². The Morgan fingerprint density at radius 3 is 2.60 bits per heavy atom. The summed E-state index contributed by atoms with van der Waals surface area (Å²) in [6.07, 6.45) is 0. The molecular weight excluding hydrogens is 268 g/mol. The fourth-order valence-corrected chi connectivity index (χ4v) is 2.68. The van der Waals surface area contributed by atoms with Gasteiger partial charge in [-0.05, 0) is 49.2 Å². The first-order valence-electron chi connectivity index (χ1n) is 6.47. The van der Waals surface area contributed by atoms with Crippen LogP contribution in [0.15, 0.2) is 47.4 Å². The molecule has 2 nitrogen and oxygen atoms in total. The predicted molar refractivity (Wildman–Crippen MR) is 84.0 cm³/mol. The largest absolute Gasteiger partial charge is 0.497 e. The number of carbonyl (C=O) groups is 1. The number of aryl methyl sites for hydroxylation is 2. The highest BCUT2D eigenvalue weighted by Gasteiger charge is 2.08. The molecule has 0 aliphatic heterocycles. The minimum atomic E-state index is 0.154. The monoisotopic (exact) mass is 286 g/mol. The van der Waals surface area contributed by atoms with Crippen molar-refractivity contribution in [1.82, 2.24) is 0 Å². The Hall–Kier alpha value is -1.74. The molecule has 0 spiro atoms. The van der Waals surface area contributed by atoms with Crippen molar-refractivity contribution in [1.29, 1.82) is 0 Å². The number of benzene rings is 2. The van der Waals surface area contributed by atoms with Crippen molar-refractivity contribution >= 4 is 17.5 Å². The average Bonchev–Trinajstić information content (AvgIpc) is 2.47. The molecule has 0 saturated heterocycles. The lowest BCUT2D eigenvalue weighted by Gasteiger charge is -2.06. The first kappa shape index (κ1) is 14.7. The summed E-state index contributed by atoms with van der Waals surface area (Å²) in [5.74, 6) is 1.41. The summed E-state index contributed by atoms with van der Waals surface area (Å²) in [6.45, 7) is 4.08. The quantitative estimate of drug-likeness (QED) is 0.606. The zero-order valence-corrected chi connectivity index (χ0v) is 12.8. The average molecular weight is 286 g/mol.